The molecular weight excluding hydrogens is 80.0 g/mol. The molecule has 0 unspecified atom stereocenters. The van der Waals surface area contributed by atoms with Crippen molar-refractivity contribution in [2.45, 2.75) is 6.92 Å². The zero-order valence-electron chi connectivity index (χ0n) is 3.65. The van der Waals surface area contributed by atoms with E-state index in [4.69, 9.17) is 5.41 Å². The van der Waals surface area contributed by atoms with Crippen LogP contribution in [0, 0.1) is 5.41 Å². The monoisotopic (exact) mass is 88.1 g/mol. The Morgan fingerprint density at radius 1 is 1.83 bits per heavy atom. The first kappa shape index (κ1) is 9.02. The second-order valence-corrected chi connectivity index (χ2v) is 0.586. The number of nitrogens with one attached hydrogen (secondary N) is 1. The molecule has 36 valence electrons. The van der Waals surface area contributed by atoms with Gasteiger partial charge in [-0.05, 0) is 6.92 Å². The van der Waals surface area contributed by atoms with Crippen molar-refractivity contribution in [3.8, 4) is 0 Å². The van der Waals surface area contributed by atoms with Gasteiger partial charge in [0, 0.05) is 6.54 Å². The molecule has 0 heterocycles. The molecule has 0 aromatic heterocycles. The minimum atomic E-state index is 0. The lowest BCUT2D eigenvalue weighted by molar-refractivity contribution is 0.824. The average Bonchev–Trinajstić information content (AvgIpc) is 1.41. The third-order valence-electron chi connectivity index (χ3n) is 0.237. The van der Waals surface area contributed by atoms with Crippen LogP contribution in [0.1, 0.15) is 6.92 Å². The minimum absolute atomic E-state index is 0. The van der Waals surface area contributed by atoms with Gasteiger partial charge in [-0.1, -0.05) is 0 Å². The summed E-state index contributed by atoms with van der Waals surface area (Å²) in [6.07, 6.45) is 0. The fourth-order valence-corrected chi connectivity index (χ4v) is 0.0791. The summed E-state index contributed by atoms with van der Waals surface area (Å²) in [6.45, 7) is 2.53. The summed E-state index contributed by atoms with van der Waals surface area (Å²) in [6, 6.07) is 1.89. The van der Waals surface area contributed by atoms with Crippen molar-refractivity contribution in [3.63, 3.8) is 0 Å². The average molecular weight is 88.1 g/mol. The Bertz CT molecular complexity index is 55.8. The van der Waals surface area contributed by atoms with Crippen LogP contribution < -0.4 is 0 Å². The smallest absolute Gasteiger partial charge is 0.0861 e. The normalized spacial score (nSPS) is 4.83. The standard InChI is InChI=1S/C3H6N2.H2O/c1-2-5-3-4;/h4H,2H2,1H3;1H2. The van der Waals surface area contributed by atoms with Gasteiger partial charge in [0.2, 0.25) is 0 Å². The highest BCUT2D eigenvalue weighted by Gasteiger charge is 1.49. The van der Waals surface area contributed by atoms with Crippen LogP contribution in [-0.4, -0.2) is 18.0 Å². The highest BCUT2D eigenvalue weighted by molar-refractivity contribution is 5.35. The van der Waals surface area contributed by atoms with Gasteiger partial charge < -0.3 is 5.48 Å². The molecule has 0 bridgehead atoms. The molecule has 0 spiro atoms. The first-order valence-electron chi connectivity index (χ1n) is 1.50. The van der Waals surface area contributed by atoms with E-state index < -0.39 is 0 Å². The summed E-state index contributed by atoms with van der Waals surface area (Å²) >= 11 is 0. The Kier molecular flexibility index (Phi) is 13.3. The van der Waals surface area contributed by atoms with Crippen molar-refractivity contribution < 1.29 is 5.48 Å². The van der Waals surface area contributed by atoms with Gasteiger partial charge >= 0.3 is 0 Å². The van der Waals surface area contributed by atoms with Gasteiger partial charge in [0.25, 0.3) is 0 Å². The number of nitrogens with zero attached hydrogens (tertiary/aromatic N) is 1. The highest BCUT2D eigenvalue weighted by atomic mass is 16.0. The number of rotatable bonds is 1. The molecule has 6 heavy (non-hydrogen) atoms. The van der Waals surface area contributed by atoms with Gasteiger partial charge in [-0.25, -0.2) is 10.4 Å². The lowest BCUT2D eigenvalue weighted by Gasteiger charge is -1.60. The third-order valence-corrected chi connectivity index (χ3v) is 0.237. The van der Waals surface area contributed by atoms with Crippen molar-refractivity contribution in [1.29, 1.82) is 5.41 Å². The summed E-state index contributed by atoms with van der Waals surface area (Å²) in [5, 5.41) is 6.19. The van der Waals surface area contributed by atoms with E-state index in [0.717, 1.165) is 0 Å². The molecule has 3 N–H and O–H groups in total. The van der Waals surface area contributed by atoms with E-state index in [1.54, 1.807) is 0 Å². The van der Waals surface area contributed by atoms with Crippen LogP contribution in [0.15, 0.2) is 4.99 Å². The molecule has 0 aliphatic heterocycles. The Morgan fingerprint density at radius 2 is 2.33 bits per heavy atom. The van der Waals surface area contributed by atoms with E-state index in [1.807, 2.05) is 12.9 Å². The molecule has 0 aromatic rings. The number of aliphatic imine (C=N–C) groups is 1. The molecule has 3 nitrogen and oxygen atoms in total. The van der Waals surface area contributed by atoms with Crippen molar-refractivity contribution in [1.82, 2.24) is 0 Å². The van der Waals surface area contributed by atoms with Crippen LogP contribution in [0.3, 0.4) is 0 Å². The first-order valence-corrected chi connectivity index (χ1v) is 1.50. The fraction of sp³-hybridized carbons (Fsp3) is 0.667. The molecule has 0 atom stereocenters. The van der Waals surface area contributed by atoms with Crippen molar-refractivity contribution in [3.05, 3.63) is 0 Å². The molecule has 0 aromatic carbocycles. The Balaban J connectivity index is 0. The molecule has 0 aliphatic carbocycles. The van der Waals surface area contributed by atoms with Gasteiger partial charge in [0.05, 0.1) is 6.01 Å². The van der Waals surface area contributed by atoms with Gasteiger partial charge in [0.1, 0.15) is 0 Å². The van der Waals surface area contributed by atoms with E-state index in [2.05, 4.69) is 4.99 Å². The zero-order chi connectivity index (χ0) is 4.12. The molecule has 3 heteroatoms. The van der Waals surface area contributed by atoms with Gasteiger partial charge in [-0.2, -0.15) is 0 Å². The maximum absolute atomic E-state index is 6.19. The van der Waals surface area contributed by atoms with Crippen LogP contribution in [0.25, 0.3) is 0 Å². The molecule has 0 aliphatic rings. The van der Waals surface area contributed by atoms with Gasteiger partial charge in [-0.15, -0.1) is 0 Å². The maximum Gasteiger partial charge on any atom is 0.0861 e. The summed E-state index contributed by atoms with van der Waals surface area (Å²) in [5.41, 5.74) is 0. The molecule has 0 radical (unpaired) electrons. The number of hydrogen-bond donors (Lipinski definition) is 1. The largest absolute Gasteiger partial charge is 0.412 e. The molecule has 0 amide bonds. The second-order valence-electron chi connectivity index (χ2n) is 0.586. The quantitative estimate of drug-likeness (QED) is 0.436. The van der Waals surface area contributed by atoms with Gasteiger partial charge in [-0.3, -0.25) is 0 Å². The highest BCUT2D eigenvalue weighted by Crippen LogP contribution is 1.53. The summed E-state index contributed by atoms with van der Waals surface area (Å²) in [4.78, 5) is 3.39. The van der Waals surface area contributed by atoms with Crippen molar-refractivity contribution in [2.24, 2.45) is 4.99 Å². The predicted molar refractivity (Wildman–Crippen MR) is 24.3 cm³/mol. The van der Waals surface area contributed by atoms with Crippen LogP contribution in [-0.2, 0) is 0 Å². The van der Waals surface area contributed by atoms with E-state index in [0.29, 0.717) is 6.54 Å². The third kappa shape index (κ3) is 10.2. The van der Waals surface area contributed by atoms with E-state index >= 15 is 0 Å². The molecule has 0 saturated heterocycles. The van der Waals surface area contributed by atoms with Gasteiger partial charge in [0.15, 0.2) is 0 Å². The first-order chi connectivity index (χ1) is 2.41. The van der Waals surface area contributed by atoms with E-state index in [-0.39, 0.29) is 5.48 Å². The van der Waals surface area contributed by atoms with E-state index in [1.165, 1.54) is 0 Å². The summed E-state index contributed by atoms with van der Waals surface area (Å²) in [7, 11) is 0. The van der Waals surface area contributed by atoms with Crippen LogP contribution in [0.5, 0.6) is 0 Å². The number of hydrogen-bond acceptors (Lipinski definition) is 2. The Labute approximate surface area is 36.5 Å². The van der Waals surface area contributed by atoms with Crippen LogP contribution in [0.4, 0.5) is 0 Å². The molecule has 0 saturated carbocycles. The summed E-state index contributed by atoms with van der Waals surface area (Å²) < 4.78 is 0. The molecule has 0 rings (SSSR count). The SMILES string of the molecule is CCN=C=N.O. The topological polar surface area (TPSA) is 67.7 Å². The second kappa shape index (κ2) is 8.84. The fourth-order valence-electron chi connectivity index (χ4n) is 0.0791. The zero-order valence-corrected chi connectivity index (χ0v) is 3.65. The lowest BCUT2D eigenvalue weighted by Crippen LogP contribution is -1.58. The predicted octanol–water partition coefficient (Wildman–Crippen LogP) is -0.0657. The Hall–Kier alpha value is -0.660. The van der Waals surface area contributed by atoms with Crippen LogP contribution in [0.2, 0.25) is 0 Å². The Morgan fingerprint density at radius 3 is 2.33 bits per heavy atom. The minimum Gasteiger partial charge on any atom is -0.412 e. The summed E-state index contributed by atoms with van der Waals surface area (Å²) in [5.74, 6) is 0. The van der Waals surface area contributed by atoms with Crippen LogP contribution >= 0.6 is 0 Å². The maximum atomic E-state index is 6.19. The van der Waals surface area contributed by atoms with E-state index in [9.17, 15) is 0 Å². The molecule has 0 fully saturated rings. The molecular formula is C3H8N2O. The lowest BCUT2D eigenvalue weighted by atomic mass is 10.8. The van der Waals surface area contributed by atoms with Crippen molar-refractivity contribution in [2.75, 3.05) is 6.54 Å². The van der Waals surface area contributed by atoms with Crippen molar-refractivity contribution >= 4 is 6.01 Å².